The summed E-state index contributed by atoms with van der Waals surface area (Å²) >= 11 is 0. The fraction of sp³-hybridized carbons (Fsp3) is 0.636. The average Bonchev–Trinajstić information content (AvgIpc) is 3.24. The van der Waals surface area contributed by atoms with Gasteiger partial charge in [-0.3, -0.25) is 33.8 Å². The molecule has 0 bridgehead atoms. The van der Waals surface area contributed by atoms with Crippen molar-refractivity contribution in [1.82, 2.24) is 9.80 Å². The van der Waals surface area contributed by atoms with E-state index in [2.05, 4.69) is 4.74 Å². The highest BCUT2D eigenvalue weighted by Crippen LogP contribution is 2.31. The first-order valence-electron chi connectivity index (χ1n) is 11.2. The summed E-state index contributed by atoms with van der Waals surface area (Å²) in [5.74, 6) is -1.06. The van der Waals surface area contributed by atoms with Crippen molar-refractivity contribution in [3.63, 3.8) is 0 Å². The lowest BCUT2D eigenvalue weighted by Crippen LogP contribution is -2.43. The predicted octanol–water partition coefficient (Wildman–Crippen LogP) is 1.34. The Labute approximate surface area is 191 Å². The third kappa shape index (κ3) is 8.08. The second-order valence-electron chi connectivity index (χ2n) is 8.56. The topological polar surface area (TPSA) is 164 Å². The number of hydrogen-bond acceptors (Lipinski definition) is 8. The Morgan fingerprint density at radius 2 is 1.61 bits per heavy atom. The summed E-state index contributed by atoms with van der Waals surface area (Å²) in [7, 11) is 0. The second kappa shape index (κ2) is 12.2. The molecule has 182 valence electrons. The van der Waals surface area contributed by atoms with Gasteiger partial charge in [-0.2, -0.15) is 0 Å². The minimum Gasteiger partial charge on any atom is -0.449 e. The normalized spacial score (nSPS) is 23.5. The average molecular weight is 466 g/mol. The zero-order valence-corrected chi connectivity index (χ0v) is 18.7. The number of nitrogens with two attached hydrogens (primary N) is 1. The number of amides is 4. The van der Waals surface area contributed by atoms with Crippen molar-refractivity contribution in [2.45, 2.75) is 76.8 Å². The first kappa shape index (κ1) is 26.2. The van der Waals surface area contributed by atoms with Gasteiger partial charge in [0, 0.05) is 50.0 Å². The Morgan fingerprint density at radius 3 is 2.09 bits per heavy atom. The maximum atomic E-state index is 11.7. The summed E-state index contributed by atoms with van der Waals surface area (Å²) in [5.41, 5.74) is 5.41. The highest BCUT2D eigenvalue weighted by atomic mass is 16.7. The summed E-state index contributed by atoms with van der Waals surface area (Å²) in [6, 6.07) is 0.0366. The Hall–Kier alpha value is -3.08. The molecule has 3 N–H and O–H groups in total. The number of ether oxygens (including phenoxy) is 1. The van der Waals surface area contributed by atoms with Crippen molar-refractivity contribution in [2.75, 3.05) is 6.54 Å². The van der Waals surface area contributed by atoms with E-state index in [0.717, 1.165) is 25.7 Å². The molecule has 0 aromatic rings. The number of nitrogens with zero attached hydrogens (tertiary/aromatic N) is 2. The third-order valence-electron chi connectivity index (χ3n) is 5.85. The lowest BCUT2D eigenvalue weighted by molar-refractivity contribution is -0.142. The minimum absolute atomic E-state index is 0.00635. The molecule has 11 nitrogen and oxygen atoms in total. The molecule has 11 heteroatoms. The molecule has 1 atom stereocenters. The van der Waals surface area contributed by atoms with Crippen LogP contribution in [0.3, 0.4) is 0 Å². The smallest absolute Gasteiger partial charge is 0.449 e. The molecule has 2 fully saturated rings. The summed E-state index contributed by atoms with van der Waals surface area (Å²) in [5, 5.41) is 8.02. The van der Waals surface area contributed by atoms with E-state index in [4.69, 9.17) is 10.8 Å². The molecule has 1 unspecified atom stereocenters. The van der Waals surface area contributed by atoms with Crippen LogP contribution in [-0.4, -0.2) is 69.3 Å². The number of carbonyl (C=O) groups excluding carboxylic acids is 5. The number of likely N-dealkylation sites (tertiary alicyclic amines) is 1. The van der Waals surface area contributed by atoms with Gasteiger partial charge >= 0.3 is 12.1 Å². The zero-order chi connectivity index (χ0) is 24.5. The molecule has 4 amide bonds. The quantitative estimate of drug-likeness (QED) is 0.321. The van der Waals surface area contributed by atoms with Gasteiger partial charge in [0.2, 0.25) is 11.8 Å². The lowest BCUT2D eigenvalue weighted by Gasteiger charge is -2.34. The molecule has 0 spiro atoms. The molecular formula is C22H31N3O8. The van der Waals surface area contributed by atoms with Crippen molar-refractivity contribution >= 4 is 35.8 Å². The van der Waals surface area contributed by atoms with Crippen molar-refractivity contribution in [2.24, 2.45) is 11.7 Å². The van der Waals surface area contributed by atoms with Crippen LogP contribution < -0.4 is 5.73 Å². The van der Waals surface area contributed by atoms with E-state index >= 15 is 0 Å². The molecule has 1 saturated carbocycles. The number of hydrogen-bond donors (Lipinski definition) is 2. The van der Waals surface area contributed by atoms with Crippen LogP contribution in [0.2, 0.25) is 0 Å². The molecule has 33 heavy (non-hydrogen) atoms. The van der Waals surface area contributed by atoms with Crippen LogP contribution in [0.1, 0.15) is 64.7 Å². The number of carboxylic acid groups (broad SMARTS) is 1. The molecule has 1 saturated heterocycles. The van der Waals surface area contributed by atoms with Crippen LogP contribution in [0, 0.1) is 5.92 Å². The van der Waals surface area contributed by atoms with Crippen molar-refractivity contribution in [3.8, 4) is 0 Å². The van der Waals surface area contributed by atoms with E-state index in [-0.39, 0.29) is 48.1 Å². The molecule has 3 rings (SSSR count). The first-order valence-corrected chi connectivity index (χ1v) is 11.2. The van der Waals surface area contributed by atoms with E-state index in [9.17, 15) is 28.8 Å². The van der Waals surface area contributed by atoms with Gasteiger partial charge in [-0.1, -0.05) is 0 Å². The van der Waals surface area contributed by atoms with Crippen LogP contribution in [0.4, 0.5) is 4.79 Å². The van der Waals surface area contributed by atoms with Crippen molar-refractivity contribution in [1.29, 1.82) is 0 Å². The van der Waals surface area contributed by atoms with Crippen LogP contribution in [0.15, 0.2) is 12.2 Å². The third-order valence-corrected chi connectivity index (χ3v) is 5.85. The number of imide groups is 2. The number of esters is 1. The van der Waals surface area contributed by atoms with Crippen molar-refractivity contribution < 1.29 is 38.6 Å². The summed E-state index contributed by atoms with van der Waals surface area (Å²) in [4.78, 5) is 69.7. The van der Waals surface area contributed by atoms with Gasteiger partial charge in [-0.25, -0.2) is 4.79 Å². The van der Waals surface area contributed by atoms with Gasteiger partial charge in [-0.15, -0.1) is 0 Å². The first-order chi connectivity index (χ1) is 15.6. The number of rotatable bonds is 7. The summed E-state index contributed by atoms with van der Waals surface area (Å²) < 4.78 is 3.87. The van der Waals surface area contributed by atoms with E-state index < -0.39 is 12.1 Å². The maximum Gasteiger partial charge on any atom is 0.513 e. The minimum atomic E-state index is -1.55. The highest BCUT2D eigenvalue weighted by Gasteiger charge is 2.37. The Balaban J connectivity index is 0.000000277. The van der Waals surface area contributed by atoms with Gasteiger partial charge in [0.15, 0.2) is 0 Å². The predicted molar refractivity (Wildman–Crippen MR) is 114 cm³/mol. The van der Waals surface area contributed by atoms with Gasteiger partial charge in [0.1, 0.15) is 0 Å². The van der Waals surface area contributed by atoms with Gasteiger partial charge < -0.3 is 15.6 Å². The van der Waals surface area contributed by atoms with Gasteiger partial charge in [-0.05, 0) is 51.4 Å². The SMILES string of the molecule is CC(N)CCCC(=O)OC(=O)O.O=C1C=CC(=O)N1CC1CCC(N2C(=O)CCC2=O)CC1. The van der Waals surface area contributed by atoms with Crippen LogP contribution in [0.5, 0.6) is 0 Å². The molecule has 2 aliphatic heterocycles. The second-order valence-corrected chi connectivity index (χ2v) is 8.56. The van der Waals surface area contributed by atoms with E-state index in [1.54, 1.807) is 0 Å². The Bertz CT molecular complexity index is 780. The van der Waals surface area contributed by atoms with Crippen LogP contribution in [0.25, 0.3) is 0 Å². The Morgan fingerprint density at radius 1 is 1.06 bits per heavy atom. The van der Waals surface area contributed by atoms with Gasteiger partial charge in [0.25, 0.3) is 11.8 Å². The highest BCUT2D eigenvalue weighted by molar-refractivity contribution is 6.12. The summed E-state index contributed by atoms with van der Waals surface area (Å²) in [6.07, 6.45) is 6.27. The Kier molecular flexibility index (Phi) is 9.71. The maximum absolute atomic E-state index is 11.7. The van der Waals surface area contributed by atoms with E-state index in [1.165, 1.54) is 22.0 Å². The fourth-order valence-electron chi connectivity index (χ4n) is 4.17. The molecule has 2 heterocycles. The van der Waals surface area contributed by atoms with Crippen LogP contribution >= 0.6 is 0 Å². The van der Waals surface area contributed by atoms with Gasteiger partial charge in [0.05, 0.1) is 0 Å². The zero-order valence-electron chi connectivity index (χ0n) is 18.7. The van der Waals surface area contributed by atoms with Crippen LogP contribution in [-0.2, 0) is 28.7 Å². The molecule has 0 aromatic carbocycles. The van der Waals surface area contributed by atoms with Crippen molar-refractivity contribution in [3.05, 3.63) is 12.2 Å². The molecule has 1 aliphatic carbocycles. The molecule has 0 radical (unpaired) electrons. The van der Waals surface area contributed by atoms with E-state index in [0.29, 0.717) is 32.2 Å². The number of carbonyl (C=O) groups is 6. The molecule has 0 aromatic heterocycles. The fourth-order valence-corrected chi connectivity index (χ4v) is 4.17. The monoisotopic (exact) mass is 465 g/mol. The lowest BCUT2D eigenvalue weighted by atomic mass is 9.85. The largest absolute Gasteiger partial charge is 0.513 e. The molecule has 3 aliphatic rings. The van der Waals surface area contributed by atoms with E-state index in [1.807, 2.05) is 6.92 Å². The molecular weight excluding hydrogens is 434 g/mol. The summed E-state index contributed by atoms with van der Waals surface area (Å²) in [6.45, 7) is 2.27. The standard InChI is InChI=1S/C15H18N2O4.C7H13NO4/c18-12-5-6-13(19)16(12)9-10-1-3-11(4-2-10)17-14(20)7-8-15(17)21;1-5(8)3-2-4-6(9)12-7(10)11/h5-6,10-11H,1-4,7-9H2;5H,2-4,8H2,1H3,(H,10,11).